The molecular weight excluding hydrogens is 397 g/mol. The predicted molar refractivity (Wildman–Crippen MR) is 115 cm³/mol. The number of aryl methyl sites for hydroxylation is 2. The summed E-state index contributed by atoms with van der Waals surface area (Å²) in [6.07, 6.45) is 0. The van der Waals surface area contributed by atoms with Gasteiger partial charge in [0, 0.05) is 11.3 Å². The Balaban J connectivity index is 1.97. The molecule has 1 atom stereocenters. The lowest BCUT2D eigenvalue weighted by Gasteiger charge is -2.25. The van der Waals surface area contributed by atoms with Gasteiger partial charge in [0.05, 0.1) is 11.6 Å². The number of nitrogens with zero attached hydrogens (tertiary/aromatic N) is 1. The van der Waals surface area contributed by atoms with Crippen molar-refractivity contribution in [2.75, 3.05) is 4.90 Å². The Hall–Kier alpha value is -3.93. The second-order valence-corrected chi connectivity index (χ2v) is 7.57. The average Bonchev–Trinajstić information content (AvgIpc) is 3.00. The van der Waals surface area contributed by atoms with E-state index in [-0.39, 0.29) is 16.9 Å². The van der Waals surface area contributed by atoms with E-state index < -0.39 is 29.3 Å². The molecule has 2 N–H and O–H groups in total. The first-order valence-electron chi connectivity index (χ1n) is 9.71. The number of benzene rings is 3. The number of hydrogen-bond acceptors (Lipinski definition) is 4. The molecule has 31 heavy (non-hydrogen) atoms. The molecule has 0 saturated carbocycles. The number of amides is 1. The summed E-state index contributed by atoms with van der Waals surface area (Å²) in [5, 5.41) is 21.0. The van der Waals surface area contributed by atoms with E-state index in [1.54, 1.807) is 37.3 Å². The summed E-state index contributed by atoms with van der Waals surface area (Å²) in [5.41, 5.74) is 2.24. The highest BCUT2D eigenvalue weighted by Gasteiger charge is 2.47. The van der Waals surface area contributed by atoms with Crippen LogP contribution < -0.4 is 4.90 Å². The van der Waals surface area contributed by atoms with Gasteiger partial charge < -0.3 is 10.2 Å². The number of carbonyl (C=O) groups is 2. The lowest BCUT2D eigenvalue weighted by atomic mass is 9.94. The van der Waals surface area contributed by atoms with Crippen molar-refractivity contribution < 1.29 is 24.2 Å². The van der Waals surface area contributed by atoms with Crippen molar-refractivity contribution in [3.63, 3.8) is 0 Å². The molecule has 1 unspecified atom stereocenters. The Labute approximate surface area is 178 Å². The molecule has 6 heteroatoms. The Morgan fingerprint density at radius 1 is 0.968 bits per heavy atom. The van der Waals surface area contributed by atoms with Crippen LogP contribution >= 0.6 is 0 Å². The van der Waals surface area contributed by atoms with E-state index in [2.05, 4.69) is 0 Å². The number of aromatic hydroxyl groups is 1. The van der Waals surface area contributed by atoms with Crippen LogP contribution in [0.1, 0.15) is 28.3 Å². The second-order valence-electron chi connectivity index (χ2n) is 7.57. The largest absolute Gasteiger partial charge is 0.508 e. The normalized spacial score (nSPS) is 17.9. The van der Waals surface area contributed by atoms with Crippen LogP contribution in [0.4, 0.5) is 10.1 Å². The van der Waals surface area contributed by atoms with Crippen molar-refractivity contribution in [3.05, 3.63) is 100 Å². The molecular formula is C25H20FNO4. The van der Waals surface area contributed by atoms with Crippen LogP contribution in [0, 0.1) is 19.7 Å². The minimum Gasteiger partial charge on any atom is -0.508 e. The quantitative estimate of drug-likeness (QED) is 0.365. The third-order valence-corrected chi connectivity index (χ3v) is 5.34. The number of hydrogen-bond donors (Lipinski definition) is 2. The minimum absolute atomic E-state index is 0.0371. The second kappa shape index (κ2) is 7.72. The highest BCUT2D eigenvalue weighted by Crippen LogP contribution is 2.43. The molecule has 1 heterocycles. The van der Waals surface area contributed by atoms with Crippen LogP contribution in [0.2, 0.25) is 0 Å². The van der Waals surface area contributed by atoms with Crippen molar-refractivity contribution in [3.8, 4) is 5.75 Å². The molecule has 5 nitrogen and oxygen atoms in total. The first-order chi connectivity index (χ1) is 14.8. The molecule has 1 fully saturated rings. The van der Waals surface area contributed by atoms with Crippen molar-refractivity contribution in [2.45, 2.75) is 19.9 Å². The maximum absolute atomic E-state index is 13.7. The number of halogens is 1. The molecule has 0 spiro atoms. The zero-order chi connectivity index (χ0) is 22.3. The van der Waals surface area contributed by atoms with E-state index in [0.29, 0.717) is 16.8 Å². The Kier molecular flexibility index (Phi) is 5.07. The first-order valence-corrected chi connectivity index (χ1v) is 9.71. The fraction of sp³-hybridized carbons (Fsp3) is 0.120. The van der Waals surface area contributed by atoms with Gasteiger partial charge in [0.1, 0.15) is 17.3 Å². The van der Waals surface area contributed by atoms with Crippen LogP contribution in [0.5, 0.6) is 5.75 Å². The van der Waals surface area contributed by atoms with Crippen LogP contribution in [-0.2, 0) is 9.59 Å². The van der Waals surface area contributed by atoms with E-state index >= 15 is 0 Å². The molecule has 0 radical (unpaired) electrons. The van der Waals surface area contributed by atoms with Gasteiger partial charge in [0.2, 0.25) is 0 Å². The van der Waals surface area contributed by atoms with Crippen LogP contribution in [0.25, 0.3) is 5.76 Å². The summed E-state index contributed by atoms with van der Waals surface area (Å²) in [6, 6.07) is 16.3. The molecule has 0 aromatic heterocycles. The SMILES string of the molecule is Cc1cccc(N2C(=O)C(=O)/C(=C(\O)c3ccc(F)c(C)c3)C2c2cccc(O)c2)c1. The smallest absolute Gasteiger partial charge is 0.300 e. The number of aliphatic hydroxyl groups excluding tert-OH is 1. The van der Waals surface area contributed by atoms with E-state index in [9.17, 15) is 24.2 Å². The number of phenols is 1. The number of anilines is 1. The Morgan fingerprint density at radius 2 is 1.71 bits per heavy atom. The molecule has 1 aliphatic heterocycles. The Bertz CT molecular complexity index is 1250. The van der Waals surface area contributed by atoms with Crippen molar-refractivity contribution in [1.29, 1.82) is 0 Å². The lowest BCUT2D eigenvalue weighted by molar-refractivity contribution is -0.132. The van der Waals surface area contributed by atoms with E-state index in [4.69, 9.17) is 0 Å². The van der Waals surface area contributed by atoms with Gasteiger partial charge in [0.15, 0.2) is 0 Å². The number of ketones is 1. The van der Waals surface area contributed by atoms with E-state index in [1.165, 1.54) is 35.2 Å². The van der Waals surface area contributed by atoms with Crippen molar-refractivity contribution in [2.24, 2.45) is 0 Å². The van der Waals surface area contributed by atoms with Gasteiger partial charge in [-0.15, -0.1) is 0 Å². The number of carbonyl (C=O) groups excluding carboxylic acids is 2. The number of phenolic OH excluding ortho intramolecular Hbond substituents is 1. The van der Waals surface area contributed by atoms with Gasteiger partial charge in [-0.1, -0.05) is 24.3 Å². The van der Waals surface area contributed by atoms with Gasteiger partial charge in [-0.3, -0.25) is 14.5 Å². The molecule has 0 aliphatic carbocycles. The third-order valence-electron chi connectivity index (χ3n) is 5.34. The fourth-order valence-electron chi connectivity index (χ4n) is 3.83. The van der Waals surface area contributed by atoms with Gasteiger partial charge in [-0.2, -0.15) is 0 Å². The molecule has 1 aliphatic rings. The number of Topliss-reactive ketones (excluding diaryl/α,β-unsaturated/α-hetero) is 1. The lowest BCUT2D eigenvalue weighted by Crippen LogP contribution is -2.29. The fourth-order valence-corrected chi connectivity index (χ4v) is 3.83. The topological polar surface area (TPSA) is 77.8 Å². The highest BCUT2D eigenvalue weighted by molar-refractivity contribution is 6.51. The van der Waals surface area contributed by atoms with Crippen molar-refractivity contribution in [1.82, 2.24) is 0 Å². The Morgan fingerprint density at radius 3 is 2.39 bits per heavy atom. The summed E-state index contributed by atoms with van der Waals surface area (Å²) < 4.78 is 13.7. The van der Waals surface area contributed by atoms with Gasteiger partial charge >= 0.3 is 0 Å². The molecule has 3 aromatic carbocycles. The average molecular weight is 417 g/mol. The molecule has 156 valence electrons. The van der Waals surface area contributed by atoms with E-state index in [1.807, 2.05) is 13.0 Å². The number of rotatable bonds is 3. The third kappa shape index (κ3) is 3.57. The first kappa shape index (κ1) is 20.3. The summed E-state index contributed by atoms with van der Waals surface area (Å²) in [6.45, 7) is 3.41. The standard InChI is InChI=1S/C25H20FNO4/c1-14-5-3-7-18(11-14)27-22(16-6-4-8-19(28)13-16)21(24(30)25(27)31)23(29)17-9-10-20(26)15(2)12-17/h3-13,22,28-29H,1-2H3/b23-21-. The van der Waals surface area contributed by atoms with Gasteiger partial charge in [0.25, 0.3) is 11.7 Å². The number of aliphatic hydroxyl groups is 1. The maximum Gasteiger partial charge on any atom is 0.300 e. The highest BCUT2D eigenvalue weighted by atomic mass is 19.1. The van der Waals surface area contributed by atoms with Crippen LogP contribution in [0.3, 0.4) is 0 Å². The van der Waals surface area contributed by atoms with Gasteiger partial charge in [-0.05, 0) is 73.0 Å². The summed E-state index contributed by atoms with van der Waals surface area (Å²) in [4.78, 5) is 27.4. The summed E-state index contributed by atoms with van der Waals surface area (Å²) in [7, 11) is 0. The monoisotopic (exact) mass is 417 g/mol. The molecule has 1 amide bonds. The minimum atomic E-state index is -0.959. The molecule has 3 aromatic rings. The summed E-state index contributed by atoms with van der Waals surface area (Å²) >= 11 is 0. The van der Waals surface area contributed by atoms with Crippen LogP contribution in [-0.4, -0.2) is 21.9 Å². The van der Waals surface area contributed by atoms with E-state index in [0.717, 1.165) is 5.56 Å². The molecule has 0 bridgehead atoms. The predicted octanol–water partition coefficient (Wildman–Crippen LogP) is 4.77. The zero-order valence-corrected chi connectivity index (χ0v) is 17.0. The zero-order valence-electron chi connectivity index (χ0n) is 17.0. The maximum atomic E-state index is 13.7. The van der Waals surface area contributed by atoms with Crippen molar-refractivity contribution >= 4 is 23.1 Å². The molecule has 4 rings (SSSR count). The molecule has 1 saturated heterocycles. The van der Waals surface area contributed by atoms with Gasteiger partial charge in [-0.25, -0.2) is 4.39 Å². The summed E-state index contributed by atoms with van der Waals surface area (Å²) in [5.74, 6) is -2.52. The van der Waals surface area contributed by atoms with Crippen LogP contribution in [0.15, 0.2) is 72.3 Å².